The average Bonchev–Trinajstić information content (AvgIpc) is 2.52. The van der Waals surface area contributed by atoms with Crippen LogP contribution in [0.2, 0.25) is 0 Å². The van der Waals surface area contributed by atoms with Crippen molar-refractivity contribution in [3.8, 4) is 5.82 Å². The number of hydrogen-bond donors (Lipinski definition) is 1. The van der Waals surface area contributed by atoms with E-state index in [1.54, 1.807) is 17.0 Å². The Kier molecular flexibility index (Phi) is 1.70. The lowest BCUT2D eigenvalue weighted by atomic mass is 10.6. The number of aromatic amines is 1. The van der Waals surface area contributed by atoms with Crippen LogP contribution in [0.3, 0.4) is 0 Å². The van der Waals surface area contributed by atoms with Gasteiger partial charge in [-0.1, -0.05) is 0 Å². The van der Waals surface area contributed by atoms with E-state index >= 15 is 0 Å². The van der Waals surface area contributed by atoms with E-state index in [0.717, 1.165) is 5.82 Å². The highest BCUT2D eigenvalue weighted by atomic mass is 16.1. The summed E-state index contributed by atoms with van der Waals surface area (Å²) in [6, 6.07) is 0. The SMILES string of the molecule is Cc1nccn1-c1ncc[nH]c1=O. The second-order valence-corrected chi connectivity index (χ2v) is 2.59. The fourth-order valence-corrected chi connectivity index (χ4v) is 1.12. The van der Waals surface area contributed by atoms with Gasteiger partial charge in [0.05, 0.1) is 0 Å². The number of aryl methyl sites for hydroxylation is 1. The molecule has 2 aromatic rings. The third kappa shape index (κ3) is 1.24. The number of H-pyrrole nitrogens is 1. The van der Waals surface area contributed by atoms with Crippen LogP contribution >= 0.6 is 0 Å². The molecule has 0 aliphatic heterocycles. The molecule has 5 heteroatoms. The molecule has 13 heavy (non-hydrogen) atoms. The van der Waals surface area contributed by atoms with Crippen LogP contribution in [0.5, 0.6) is 0 Å². The fourth-order valence-electron chi connectivity index (χ4n) is 1.12. The van der Waals surface area contributed by atoms with Gasteiger partial charge in [-0.25, -0.2) is 9.97 Å². The Hall–Kier alpha value is -1.91. The summed E-state index contributed by atoms with van der Waals surface area (Å²) >= 11 is 0. The molecule has 0 aliphatic carbocycles. The monoisotopic (exact) mass is 176 g/mol. The standard InChI is InChI=1S/C8H8N4O/c1-6-9-4-5-12(6)7-8(13)11-3-2-10-7/h2-5H,1H3,(H,11,13). The molecule has 2 heterocycles. The van der Waals surface area contributed by atoms with Gasteiger partial charge in [0.25, 0.3) is 5.56 Å². The lowest BCUT2D eigenvalue weighted by Gasteiger charge is -2.00. The highest BCUT2D eigenvalue weighted by Gasteiger charge is 2.04. The number of imidazole rings is 1. The van der Waals surface area contributed by atoms with Gasteiger partial charge in [0.15, 0.2) is 0 Å². The van der Waals surface area contributed by atoms with Crippen molar-refractivity contribution in [3.63, 3.8) is 0 Å². The number of hydrogen-bond acceptors (Lipinski definition) is 3. The quantitative estimate of drug-likeness (QED) is 0.678. The first-order valence-corrected chi connectivity index (χ1v) is 3.83. The summed E-state index contributed by atoms with van der Waals surface area (Å²) < 4.78 is 1.64. The molecule has 0 fully saturated rings. The van der Waals surface area contributed by atoms with Crippen LogP contribution in [0.15, 0.2) is 29.6 Å². The minimum atomic E-state index is -0.219. The van der Waals surface area contributed by atoms with Crippen LogP contribution < -0.4 is 5.56 Å². The van der Waals surface area contributed by atoms with Gasteiger partial charge in [-0.15, -0.1) is 0 Å². The van der Waals surface area contributed by atoms with Crippen LogP contribution in [-0.2, 0) is 0 Å². The van der Waals surface area contributed by atoms with Crippen LogP contribution in [0, 0.1) is 6.92 Å². The van der Waals surface area contributed by atoms with Gasteiger partial charge in [-0.2, -0.15) is 0 Å². The predicted octanol–water partition coefficient (Wildman–Crippen LogP) is 0.264. The van der Waals surface area contributed by atoms with Gasteiger partial charge in [0, 0.05) is 24.8 Å². The summed E-state index contributed by atoms with van der Waals surface area (Å²) in [4.78, 5) is 21.8. The Labute approximate surface area is 74.1 Å². The second-order valence-electron chi connectivity index (χ2n) is 2.59. The lowest BCUT2D eigenvalue weighted by molar-refractivity contribution is 0.900. The molecule has 0 atom stereocenters. The van der Waals surface area contributed by atoms with Gasteiger partial charge in [0.2, 0.25) is 5.82 Å². The van der Waals surface area contributed by atoms with Crippen molar-refractivity contribution in [2.45, 2.75) is 6.92 Å². The molecule has 0 aliphatic rings. The maximum absolute atomic E-state index is 11.3. The van der Waals surface area contributed by atoms with E-state index in [-0.39, 0.29) is 5.56 Å². The lowest BCUT2D eigenvalue weighted by Crippen LogP contribution is -2.16. The van der Waals surface area contributed by atoms with Crippen molar-refractivity contribution >= 4 is 0 Å². The molecule has 0 radical (unpaired) electrons. The molecule has 1 N–H and O–H groups in total. The minimum absolute atomic E-state index is 0.219. The maximum atomic E-state index is 11.3. The minimum Gasteiger partial charge on any atom is -0.324 e. The molecular weight excluding hydrogens is 168 g/mol. The first-order chi connectivity index (χ1) is 6.29. The molecule has 0 saturated heterocycles. The van der Waals surface area contributed by atoms with E-state index in [2.05, 4.69) is 15.0 Å². The van der Waals surface area contributed by atoms with Crippen molar-refractivity contribution in [1.29, 1.82) is 0 Å². The summed E-state index contributed by atoms with van der Waals surface area (Å²) in [7, 11) is 0. The first-order valence-electron chi connectivity index (χ1n) is 3.83. The molecule has 0 unspecified atom stereocenters. The van der Waals surface area contributed by atoms with Crippen LogP contribution in [0.4, 0.5) is 0 Å². The Morgan fingerprint density at radius 3 is 2.85 bits per heavy atom. The molecular formula is C8H8N4O. The number of rotatable bonds is 1. The zero-order valence-corrected chi connectivity index (χ0v) is 7.06. The Morgan fingerprint density at radius 1 is 1.38 bits per heavy atom. The highest BCUT2D eigenvalue weighted by molar-refractivity contribution is 5.19. The summed E-state index contributed by atoms with van der Waals surface area (Å²) in [6.45, 7) is 1.81. The van der Waals surface area contributed by atoms with E-state index in [0.29, 0.717) is 5.82 Å². The Bertz CT molecular complexity index is 471. The largest absolute Gasteiger partial charge is 0.324 e. The highest BCUT2D eigenvalue weighted by Crippen LogP contribution is 1.99. The average molecular weight is 176 g/mol. The summed E-state index contributed by atoms with van der Waals surface area (Å²) in [5.74, 6) is 1.08. The van der Waals surface area contributed by atoms with Gasteiger partial charge < -0.3 is 4.98 Å². The zero-order valence-electron chi connectivity index (χ0n) is 7.06. The topological polar surface area (TPSA) is 63.6 Å². The molecule has 0 amide bonds. The number of aromatic nitrogens is 4. The molecule has 0 saturated carbocycles. The third-order valence-electron chi connectivity index (χ3n) is 1.74. The molecule has 0 spiro atoms. The number of nitrogens with zero attached hydrogens (tertiary/aromatic N) is 3. The smallest absolute Gasteiger partial charge is 0.291 e. The summed E-state index contributed by atoms with van der Waals surface area (Å²) in [5.41, 5.74) is -0.219. The van der Waals surface area contributed by atoms with Crippen molar-refractivity contribution in [2.24, 2.45) is 0 Å². The van der Waals surface area contributed by atoms with E-state index in [9.17, 15) is 4.79 Å². The van der Waals surface area contributed by atoms with Gasteiger partial charge in [-0.3, -0.25) is 9.36 Å². The van der Waals surface area contributed by atoms with E-state index in [1.165, 1.54) is 12.4 Å². The Balaban J connectivity index is 2.66. The van der Waals surface area contributed by atoms with E-state index in [4.69, 9.17) is 0 Å². The fraction of sp³-hybridized carbons (Fsp3) is 0.125. The van der Waals surface area contributed by atoms with Crippen molar-refractivity contribution in [1.82, 2.24) is 19.5 Å². The van der Waals surface area contributed by atoms with Crippen LogP contribution in [0.25, 0.3) is 5.82 Å². The molecule has 0 bridgehead atoms. The maximum Gasteiger partial charge on any atom is 0.291 e. The number of nitrogens with one attached hydrogen (secondary N) is 1. The predicted molar refractivity (Wildman–Crippen MR) is 46.7 cm³/mol. The van der Waals surface area contributed by atoms with E-state index in [1.807, 2.05) is 6.92 Å². The third-order valence-corrected chi connectivity index (χ3v) is 1.74. The van der Waals surface area contributed by atoms with Gasteiger partial charge >= 0.3 is 0 Å². The molecule has 66 valence electrons. The van der Waals surface area contributed by atoms with Gasteiger partial charge in [-0.05, 0) is 6.92 Å². The molecule has 0 aromatic carbocycles. The van der Waals surface area contributed by atoms with Crippen LogP contribution in [-0.4, -0.2) is 19.5 Å². The van der Waals surface area contributed by atoms with Crippen LogP contribution in [0.1, 0.15) is 5.82 Å². The Morgan fingerprint density at radius 2 is 2.23 bits per heavy atom. The molecule has 2 rings (SSSR count). The summed E-state index contributed by atoms with van der Waals surface area (Å²) in [6.07, 6.45) is 6.37. The van der Waals surface area contributed by atoms with Crippen molar-refractivity contribution < 1.29 is 0 Å². The molecule has 5 nitrogen and oxygen atoms in total. The summed E-state index contributed by atoms with van der Waals surface area (Å²) in [5, 5.41) is 0. The zero-order chi connectivity index (χ0) is 9.26. The van der Waals surface area contributed by atoms with Crippen molar-refractivity contribution in [3.05, 3.63) is 41.0 Å². The van der Waals surface area contributed by atoms with Gasteiger partial charge in [0.1, 0.15) is 5.82 Å². The van der Waals surface area contributed by atoms with E-state index < -0.39 is 0 Å². The normalized spacial score (nSPS) is 10.2. The van der Waals surface area contributed by atoms with Crippen molar-refractivity contribution in [2.75, 3.05) is 0 Å². The first kappa shape index (κ1) is 7.72. The molecule has 2 aromatic heterocycles. The second kappa shape index (κ2) is 2.85.